The normalized spacial score (nSPS) is 20.2. The van der Waals surface area contributed by atoms with Crippen LogP contribution in [-0.2, 0) is 6.42 Å². The summed E-state index contributed by atoms with van der Waals surface area (Å²) in [5.41, 5.74) is 1.08. The van der Waals surface area contributed by atoms with Gasteiger partial charge in [0.15, 0.2) is 11.6 Å². The molecule has 78 valence electrons. The van der Waals surface area contributed by atoms with Gasteiger partial charge in [-0.15, -0.1) is 0 Å². The van der Waals surface area contributed by atoms with Crippen molar-refractivity contribution >= 4 is 0 Å². The van der Waals surface area contributed by atoms with Crippen LogP contribution in [0.5, 0.6) is 0 Å². The van der Waals surface area contributed by atoms with Gasteiger partial charge in [-0.2, -0.15) is 0 Å². The monoisotopic (exact) mass is 204 g/mol. The van der Waals surface area contributed by atoms with Crippen LogP contribution in [0.2, 0.25) is 0 Å². The number of hydrogen-bond donors (Lipinski definition) is 1. The highest BCUT2D eigenvalue weighted by Gasteiger charge is 2.22. The highest BCUT2D eigenvalue weighted by molar-refractivity contribution is 5.48. The number of aromatic nitrogens is 2. The Hall–Kier alpha value is -1.55. The topological polar surface area (TPSA) is 51.2 Å². The molecule has 0 aliphatic carbocycles. The lowest BCUT2D eigenvalue weighted by Crippen LogP contribution is -2.17. The van der Waals surface area contributed by atoms with Gasteiger partial charge in [0.1, 0.15) is 6.23 Å². The zero-order chi connectivity index (χ0) is 10.3. The van der Waals surface area contributed by atoms with Crippen molar-refractivity contribution in [3.63, 3.8) is 0 Å². The Morgan fingerprint density at radius 3 is 3.27 bits per heavy atom. The van der Waals surface area contributed by atoms with Crippen LogP contribution in [0, 0.1) is 0 Å². The second-order valence-corrected chi connectivity index (χ2v) is 3.79. The van der Waals surface area contributed by atoms with E-state index in [2.05, 4.69) is 4.98 Å². The Labute approximate surface area is 87.2 Å². The van der Waals surface area contributed by atoms with Gasteiger partial charge < -0.3 is 9.52 Å². The van der Waals surface area contributed by atoms with Crippen LogP contribution in [0.15, 0.2) is 29.0 Å². The summed E-state index contributed by atoms with van der Waals surface area (Å²) in [6, 6.07) is 3.68. The first-order chi connectivity index (χ1) is 7.36. The van der Waals surface area contributed by atoms with Crippen molar-refractivity contribution in [3.8, 4) is 11.6 Å². The maximum atomic E-state index is 9.91. The predicted molar refractivity (Wildman–Crippen MR) is 54.1 cm³/mol. The molecular formula is C11H12N2O2. The van der Waals surface area contributed by atoms with Gasteiger partial charge in [0.05, 0.1) is 6.26 Å². The number of nitrogens with zero attached hydrogens (tertiary/aromatic N) is 2. The smallest absolute Gasteiger partial charge is 0.178 e. The van der Waals surface area contributed by atoms with Crippen LogP contribution in [-0.4, -0.2) is 14.7 Å². The maximum Gasteiger partial charge on any atom is 0.178 e. The number of aliphatic hydroxyl groups excluding tert-OH is 1. The molecule has 1 aliphatic heterocycles. The summed E-state index contributed by atoms with van der Waals surface area (Å²) in [5, 5.41) is 9.91. The van der Waals surface area contributed by atoms with Crippen LogP contribution < -0.4 is 0 Å². The molecule has 0 aromatic carbocycles. The molecular weight excluding hydrogens is 192 g/mol. The molecule has 0 fully saturated rings. The fourth-order valence-electron chi connectivity index (χ4n) is 2.10. The Balaban J connectivity index is 2.14. The Morgan fingerprint density at radius 1 is 1.53 bits per heavy atom. The number of rotatable bonds is 1. The molecule has 3 rings (SSSR count). The number of aliphatic hydroxyl groups is 1. The van der Waals surface area contributed by atoms with Crippen molar-refractivity contribution in [2.45, 2.75) is 25.5 Å². The molecule has 0 bridgehead atoms. The summed E-state index contributed by atoms with van der Waals surface area (Å²) in [6.45, 7) is 0. The molecule has 2 aromatic heterocycles. The highest BCUT2D eigenvalue weighted by Crippen LogP contribution is 2.29. The van der Waals surface area contributed by atoms with Gasteiger partial charge in [0.25, 0.3) is 0 Å². The second kappa shape index (κ2) is 3.24. The Kier molecular flexibility index (Phi) is 1.89. The first-order valence-corrected chi connectivity index (χ1v) is 5.14. The van der Waals surface area contributed by atoms with Crippen molar-refractivity contribution in [3.05, 3.63) is 30.3 Å². The van der Waals surface area contributed by atoms with Gasteiger partial charge in [-0.3, -0.25) is 4.57 Å². The van der Waals surface area contributed by atoms with Gasteiger partial charge in [-0.1, -0.05) is 0 Å². The van der Waals surface area contributed by atoms with E-state index in [1.807, 2.05) is 22.9 Å². The van der Waals surface area contributed by atoms with Crippen LogP contribution in [0.3, 0.4) is 0 Å². The number of fused-ring (bicyclic) bond motifs is 1. The van der Waals surface area contributed by atoms with Crippen molar-refractivity contribution in [2.24, 2.45) is 0 Å². The molecule has 0 saturated carbocycles. The van der Waals surface area contributed by atoms with E-state index in [-0.39, 0.29) is 0 Å². The molecule has 3 heterocycles. The minimum absolute atomic E-state index is 0.462. The molecule has 1 unspecified atom stereocenters. The summed E-state index contributed by atoms with van der Waals surface area (Å²) in [6.07, 6.45) is 5.76. The van der Waals surface area contributed by atoms with Gasteiger partial charge >= 0.3 is 0 Å². The minimum atomic E-state index is -0.462. The third-order valence-electron chi connectivity index (χ3n) is 2.81. The van der Waals surface area contributed by atoms with E-state index in [1.165, 1.54) is 0 Å². The van der Waals surface area contributed by atoms with Gasteiger partial charge in [0, 0.05) is 11.9 Å². The maximum absolute atomic E-state index is 9.91. The fourth-order valence-corrected chi connectivity index (χ4v) is 2.10. The first-order valence-electron chi connectivity index (χ1n) is 5.14. The van der Waals surface area contributed by atoms with E-state index >= 15 is 0 Å². The third-order valence-corrected chi connectivity index (χ3v) is 2.81. The van der Waals surface area contributed by atoms with Crippen LogP contribution in [0.25, 0.3) is 11.6 Å². The predicted octanol–water partition coefficient (Wildman–Crippen LogP) is 1.97. The zero-order valence-corrected chi connectivity index (χ0v) is 8.26. The molecule has 4 heteroatoms. The van der Waals surface area contributed by atoms with Crippen LogP contribution >= 0.6 is 0 Å². The van der Waals surface area contributed by atoms with Crippen molar-refractivity contribution in [2.75, 3.05) is 0 Å². The highest BCUT2D eigenvalue weighted by atomic mass is 16.3. The molecule has 0 radical (unpaired) electrons. The van der Waals surface area contributed by atoms with Crippen molar-refractivity contribution in [1.29, 1.82) is 0 Å². The summed E-state index contributed by atoms with van der Waals surface area (Å²) in [4.78, 5) is 4.30. The van der Waals surface area contributed by atoms with E-state index in [4.69, 9.17) is 4.42 Å². The van der Waals surface area contributed by atoms with Crippen LogP contribution in [0.1, 0.15) is 24.8 Å². The number of aryl methyl sites for hydroxylation is 1. The van der Waals surface area contributed by atoms with Crippen molar-refractivity contribution < 1.29 is 9.52 Å². The molecule has 1 atom stereocenters. The summed E-state index contributed by atoms with van der Waals surface area (Å²) in [7, 11) is 0. The first kappa shape index (κ1) is 8.73. The summed E-state index contributed by atoms with van der Waals surface area (Å²) < 4.78 is 7.16. The average molecular weight is 204 g/mol. The average Bonchev–Trinajstić information content (AvgIpc) is 2.85. The summed E-state index contributed by atoms with van der Waals surface area (Å²) >= 11 is 0. The molecule has 1 N–H and O–H groups in total. The molecule has 15 heavy (non-hydrogen) atoms. The van der Waals surface area contributed by atoms with Crippen molar-refractivity contribution in [1.82, 2.24) is 9.55 Å². The van der Waals surface area contributed by atoms with E-state index in [9.17, 15) is 5.11 Å². The lowest BCUT2D eigenvalue weighted by Gasteiger charge is -2.22. The molecule has 0 amide bonds. The fraction of sp³-hybridized carbons (Fsp3) is 0.364. The largest absolute Gasteiger partial charge is 0.461 e. The standard InChI is InChI=1S/C11H12N2O2/c14-10-5-1-3-8-7-12-11(13(8)10)9-4-2-6-15-9/h2,4,6-7,10,14H,1,3,5H2. The summed E-state index contributed by atoms with van der Waals surface area (Å²) in [5.74, 6) is 1.43. The third kappa shape index (κ3) is 1.29. The molecule has 1 aliphatic rings. The van der Waals surface area contributed by atoms with Gasteiger partial charge in [-0.05, 0) is 31.4 Å². The van der Waals surface area contributed by atoms with Gasteiger partial charge in [-0.25, -0.2) is 4.98 Å². The quantitative estimate of drug-likeness (QED) is 0.772. The Bertz CT molecular complexity index is 459. The van der Waals surface area contributed by atoms with E-state index < -0.39 is 6.23 Å². The van der Waals surface area contributed by atoms with E-state index in [0.717, 1.165) is 30.8 Å². The number of imidazole rings is 1. The van der Waals surface area contributed by atoms with Gasteiger partial charge in [0.2, 0.25) is 0 Å². The molecule has 4 nitrogen and oxygen atoms in total. The minimum Gasteiger partial charge on any atom is -0.461 e. The molecule has 0 saturated heterocycles. The van der Waals surface area contributed by atoms with Crippen LogP contribution in [0.4, 0.5) is 0 Å². The SMILES string of the molecule is OC1CCCc2cnc(-c3ccco3)n21. The number of hydrogen-bond acceptors (Lipinski definition) is 3. The van der Waals surface area contributed by atoms with E-state index in [0.29, 0.717) is 5.76 Å². The lowest BCUT2D eigenvalue weighted by atomic mass is 10.1. The number of furan rings is 1. The Morgan fingerprint density at radius 2 is 2.47 bits per heavy atom. The molecule has 2 aromatic rings. The zero-order valence-electron chi connectivity index (χ0n) is 8.26. The van der Waals surface area contributed by atoms with E-state index in [1.54, 1.807) is 6.26 Å². The lowest BCUT2D eigenvalue weighted by molar-refractivity contribution is 0.0802. The molecule has 0 spiro atoms. The second-order valence-electron chi connectivity index (χ2n) is 3.79.